The number of aromatic nitrogens is 2. The molecule has 4 nitrogen and oxygen atoms in total. The number of unbranched alkanes of at least 4 members (excludes halogenated alkanes) is 9. The lowest BCUT2D eigenvalue weighted by Crippen LogP contribution is -2.36. The Bertz CT molecular complexity index is 572. The smallest absolute Gasteiger partial charge is 0.272 e. The van der Waals surface area contributed by atoms with Crippen molar-refractivity contribution in [3.8, 4) is 0 Å². The molecule has 142 valence electrons. The number of anilines is 2. The summed E-state index contributed by atoms with van der Waals surface area (Å²) in [5.74, 6) is 1.72. The van der Waals surface area contributed by atoms with Gasteiger partial charge in [0.1, 0.15) is 0 Å². The average molecular weight is 357 g/mol. The third-order valence-electron chi connectivity index (χ3n) is 5.00. The van der Waals surface area contributed by atoms with Gasteiger partial charge < -0.3 is 0 Å². The van der Waals surface area contributed by atoms with Gasteiger partial charge in [0.2, 0.25) is 0 Å². The standard InChI is InChI=1S/C22H34N4/c23-21-15-9-13-19-25(21)17-11-7-5-3-1-2-4-6-8-12-18-26-20-14-10-16-22(26)24/h9-10,13-16,19-20,23-24H,1-8,11-12,17-18H2/p+2. The molecule has 2 heterocycles. The maximum Gasteiger partial charge on any atom is 0.272 e. The Hall–Kier alpha value is -2.10. The first-order valence-electron chi connectivity index (χ1n) is 10.3. The summed E-state index contributed by atoms with van der Waals surface area (Å²) in [5.41, 5.74) is 11.9. The van der Waals surface area contributed by atoms with E-state index in [4.69, 9.17) is 11.5 Å². The lowest BCUT2D eigenvalue weighted by molar-refractivity contribution is -0.683. The van der Waals surface area contributed by atoms with Gasteiger partial charge in [0.15, 0.2) is 0 Å². The van der Waals surface area contributed by atoms with E-state index < -0.39 is 0 Å². The number of nitrogen functional groups attached to an aromatic ring is 2. The molecule has 0 aliphatic rings. The third kappa shape index (κ3) is 7.85. The third-order valence-corrected chi connectivity index (χ3v) is 5.00. The Morgan fingerprint density at radius 3 is 1.19 bits per heavy atom. The fraction of sp³-hybridized carbons (Fsp3) is 0.545. The molecule has 0 aliphatic carbocycles. The second kappa shape index (κ2) is 12.3. The van der Waals surface area contributed by atoms with Crippen LogP contribution < -0.4 is 20.6 Å². The molecule has 0 spiro atoms. The molecule has 0 radical (unpaired) electrons. The molecule has 2 aromatic rings. The van der Waals surface area contributed by atoms with Gasteiger partial charge in [-0.2, -0.15) is 0 Å². The summed E-state index contributed by atoms with van der Waals surface area (Å²) in [6, 6.07) is 12.0. The highest BCUT2D eigenvalue weighted by Gasteiger charge is 2.02. The molecule has 0 aliphatic heterocycles. The monoisotopic (exact) mass is 356 g/mol. The number of nitrogens with zero attached hydrogens (tertiary/aromatic N) is 2. The zero-order valence-electron chi connectivity index (χ0n) is 16.2. The van der Waals surface area contributed by atoms with Gasteiger partial charge in [-0.25, -0.2) is 9.13 Å². The Kier molecular flexibility index (Phi) is 9.55. The minimum atomic E-state index is 0.862. The van der Waals surface area contributed by atoms with E-state index in [-0.39, 0.29) is 0 Å². The SMILES string of the molecule is Nc1cccc[n+]1CCCCCCCCCCCC[n+]1ccccc1N. The molecule has 0 atom stereocenters. The highest BCUT2D eigenvalue weighted by atomic mass is 15.0. The quantitative estimate of drug-likeness (QED) is 0.420. The van der Waals surface area contributed by atoms with E-state index in [1.807, 2.05) is 36.4 Å². The minimum absolute atomic E-state index is 0.862. The number of nitrogens with two attached hydrogens (primary N) is 2. The van der Waals surface area contributed by atoms with Crippen LogP contribution in [0.25, 0.3) is 0 Å². The Morgan fingerprint density at radius 1 is 0.500 bits per heavy atom. The van der Waals surface area contributed by atoms with Gasteiger partial charge in [0, 0.05) is 12.1 Å². The van der Waals surface area contributed by atoms with Gasteiger partial charge in [0.05, 0.1) is 25.5 Å². The van der Waals surface area contributed by atoms with Crippen molar-refractivity contribution in [2.75, 3.05) is 11.5 Å². The molecule has 0 aromatic carbocycles. The molecule has 2 rings (SSSR count). The minimum Gasteiger partial charge on any atom is -0.287 e. The van der Waals surface area contributed by atoms with Gasteiger partial charge >= 0.3 is 0 Å². The van der Waals surface area contributed by atoms with Crippen LogP contribution in [0.5, 0.6) is 0 Å². The molecule has 4 N–H and O–H groups in total. The fourth-order valence-electron chi connectivity index (χ4n) is 3.36. The van der Waals surface area contributed by atoms with Crippen molar-refractivity contribution in [2.45, 2.75) is 77.3 Å². The molecule has 26 heavy (non-hydrogen) atoms. The lowest BCUT2D eigenvalue weighted by atomic mass is 10.1. The van der Waals surface area contributed by atoms with E-state index >= 15 is 0 Å². The van der Waals surface area contributed by atoms with Gasteiger partial charge in [-0.3, -0.25) is 11.5 Å². The molecule has 0 unspecified atom stereocenters. The summed E-state index contributed by atoms with van der Waals surface area (Å²) in [7, 11) is 0. The van der Waals surface area contributed by atoms with Gasteiger partial charge in [-0.15, -0.1) is 0 Å². The summed E-state index contributed by atoms with van der Waals surface area (Å²) in [6.07, 6.45) is 17.4. The molecular formula is C22H36N4+2. The second-order valence-corrected chi connectivity index (χ2v) is 7.17. The number of aryl methyl sites for hydroxylation is 2. The maximum atomic E-state index is 5.95. The summed E-state index contributed by atoms with van der Waals surface area (Å²) >= 11 is 0. The van der Waals surface area contributed by atoms with E-state index in [0.717, 1.165) is 24.7 Å². The number of pyridine rings is 2. The zero-order valence-corrected chi connectivity index (χ0v) is 16.2. The van der Waals surface area contributed by atoms with Crippen LogP contribution >= 0.6 is 0 Å². The van der Waals surface area contributed by atoms with Crippen LogP contribution in [-0.4, -0.2) is 0 Å². The Morgan fingerprint density at radius 2 is 0.846 bits per heavy atom. The van der Waals surface area contributed by atoms with E-state index in [0.29, 0.717) is 0 Å². The average Bonchev–Trinajstić information content (AvgIpc) is 2.65. The van der Waals surface area contributed by atoms with Crippen LogP contribution in [-0.2, 0) is 13.1 Å². The van der Waals surface area contributed by atoms with E-state index in [2.05, 4.69) is 21.5 Å². The van der Waals surface area contributed by atoms with Crippen LogP contribution in [0.3, 0.4) is 0 Å². The molecule has 0 bridgehead atoms. The van der Waals surface area contributed by atoms with Crippen LogP contribution in [0.4, 0.5) is 11.6 Å². The highest BCUT2D eigenvalue weighted by molar-refractivity contribution is 5.19. The topological polar surface area (TPSA) is 59.8 Å². The van der Waals surface area contributed by atoms with Crippen LogP contribution in [0.2, 0.25) is 0 Å². The molecule has 4 heteroatoms. The van der Waals surface area contributed by atoms with E-state index in [1.165, 1.54) is 64.2 Å². The molecular weight excluding hydrogens is 320 g/mol. The Labute approximate surface area is 158 Å². The predicted molar refractivity (Wildman–Crippen MR) is 108 cm³/mol. The predicted octanol–water partition coefficient (Wildman–Crippen LogP) is 4.03. The molecule has 0 fully saturated rings. The van der Waals surface area contributed by atoms with E-state index in [1.54, 1.807) is 0 Å². The second-order valence-electron chi connectivity index (χ2n) is 7.17. The number of hydrogen-bond acceptors (Lipinski definition) is 2. The molecule has 0 saturated heterocycles. The van der Waals surface area contributed by atoms with Gasteiger partial charge in [-0.05, 0) is 37.8 Å². The first-order chi connectivity index (χ1) is 12.8. The summed E-state index contributed by atoms with van der Waals surface area (Å²) in [6.45, 7) is 2.08. The summed E-state index contributed by atoms with van der Waals surface area (Å²) < 4.78 is 4.28. The van der Waals surface area contributed by atoms with Crippen molar-refractivity contribution in [3.05, 3.63) is 48.8 Å². The van der Waals surface area contributed by atoms with E-state index in [9.17, 15) is 0 Å². The van der Waals surface area contributed by atoms with Crippen molar-refractivity contribution >= 4 is 11.6 Å². The molecule has 0 saturated carbocycles. The van der Waals surface area contributed by atoms with Gasteiger partial charge in [-0.1, -0.05) is 50.7 Å². The highest BCUT2D eigenvalue weighted by Crippen LogP contribution is 2.11. The Balaban J connectivity index is 1.37. The van der Waals surface area contributed by atoms with Gasteiger partial charge in [0.25, 0.3) is 11.6 Å². The summed E-state index contributed by atoms with van der Waals surface area (Å²) in [5, 5.41) is 0. The fourth-order valence-corrected chi connectivity index (χ4v) is 3.36. The zero-order chi connectivity index (χ0) is 18.5. The molecule has 0 amide bonds. The van der Waals surface area contributed by atoms with Crippen molar-refractivity contribution in [2.24, 2.45) is 0 Å². The van der Waals surface area contributed by atoms with Crippen molar-refractivity contribution in [1.82, 2.24) is 0 Å². The van der Waals surface area contributed by atoms with Crippen molar-refractivity contribution in [1.29, 1.82) is 0 Å². The van der Waals surface area contributed by atoms with Crippen LogP contribution in [0, 0.1) is 0 Å². The van der Waals surface area contributed by atoms with Crippen molar-refractivity contribution < 1.29 is 9.13 Å². The first-order valence-corrected chi connectivity index (χ1v) is 10.3. The first kappa shape index (κ1) is 20.2. The van der Waals surface area contributed by atoms with Crippen LogP contribution in [0.15, 0.2) is 48.8 Å². The maximum absolute atomic E-state index is 5.95. The largest absolute Gasteiger partial charge is 0.287 e. The normalized spacial score (nSPS) is 10.9. The number of rotatable bonds is 13. The van der Waals surface area contributed by atoms with Crippen LogP contribution in [0.1, 0.15) is 64.2 Å². The molecule has 2 aromatic heterocycles. The number of hydrogen-bond donors (Lipinski definition) is 2. The lowest BCUT2D eigenvalue weighted by Gasteiger charge is -2.04. The summed E-state index contributed by atoms with van der Waals surface area (Å²) in [4.78, 5) is 0. The van der Waals surface area contributed by atoms with Crippen molar-refractivity contribution in [3.63, 3.8) is 0 Å².